The minimum atomic E-state index is -0.855. The first kappa shape index (κ1) is 18.5. The van der Waals surface area contributed by atoms with Crippen LogP contribution >= 0.6 is 23.1 Å². The summed E-state index contributed by atoms with van der Waals surface area (Å²) < 4.78 is 0.670. The first-order chi connectivity index (χ1) is 12.9. The molecule has 1 saturated heterocycles. The number of hydrogen-bond donors (Lipinski definition) is 3. The third kappa shape index (κ3) is 4.03. The first-order valence-corrected chi connectivity index (χ1v) is 10.9. The largest absolute Gasteiger partial charge is 0.357 e. The smallest absolute Gasteiger partial charge is 0.344 e. The maximum absolute atomic E-state index is 12.7. The molecule has 0 radical (unpaired) electrons. The molecular formula is C16H22N6O3S2. The van der Waals surface area contributed by atoms with Gasteiger partial charge in [-0.1, -0.05) is 30.0 Å². The lowest BCUT2D eigenvalue weighted by Gasteiger charge is -2.33. The van der Waals surface area contributed by atoms with Crippen LogP contribution < -0.4 is 16.1 Å². The van der Waals surface area contributed by atoms with Gasteiger partial charge in [-0.2, -0.15) is 5.01 Å². The number of anilines is 1. The number of hydrogen-bond acceptors (Lipinski definition) is 8. The number of nitrogens with zero attached hydrogens (tertiary/aromatic N) is 3. The fourth-order valence-electron chi connectivity index (χ4n) is 3.33. The highest BCUT2D eigenvalue weighted by Crippen LogP contribution is 2.36. The number of hydrazine groups is 1. The van der Waals surface area contributed by atoms with Gasteiger partial charge in [-0.25, -0.2) is 4.79 Å². The molecule has 2 saturated carbocycles. The van der Waals surface area contributed by atoms with Crippen LogP contribution in [0.5, 0.6) is 0 Å². The molecule has 3 N–H and O–H groups in total. The van der Waals surface area contributed by atoms with Crippen LogP contribution in [0.1, 0.15) is 45.4 Å². The van der Waals surface area contributed by atoms with Gasteiger partial charge in [0.2, 0.25) is 11.0 Å². The van der Waals surface area contributed by atoms with Crippen LogP contribution in [0.4, 0.5) is 9.93 Å². The second kappa shape index (κ2) is 7.27. The number of urea groups is 1. The van der Waals surface area contributed by atoms with Gasteiger partial charge in [-0.05, 0) is 44.4 Å². The van der Waals surface area contributed by atoms with Crippen LogP contribution in [0.2, 0.25) is 0 Å². The third-order valence-electron chi connectivity index (χ3n) is 5.16. The van der Waals surface area contributed by atoms with E-state index in [1.807, 2.05) is 0 Å². The molecule has 1 spiro atoms. The molecule has 2 heterocycles. The maximum atomic E-state index is 12.7. The Bertz CT molecular complexity index is 757. The number of rotatable bonds is 6. The monoisotopic (exact) mass is 410 g/mol. The lowest BCUT2D eigenvalue weighted by molar-refractivity contribution is -0.139. The van der Waals surface area contributed by atoms with Crippen molar-refractivity contribution in [1.29, 1.82) is 0 Å². The fourth-order valence-corrected chi connectivity index (χ4v) is 4.95. The average molecular weight is 411 g/mol. The van der Waals surface area contributed by atoms with E-state index in [4.69, 9.17) is 0 Å². The Morgan fingerprint density at radius 2 is 2.04 bits per heavy atom. The summed E-state index contributed by atoms with van der Waals surface area (Å²) in [5.74, 6) is -0.174. The number of imide groups is 1. The zero-order valence-electron chi connectivity index (χ0n) is 15.0. The molecule has 3 aliphatic rings. The second-order valence-corrected chi connectivity index (χ2v) is 9.65. The molecule has 0 atom stereocenters. The van der Waals surface area contributed by atoms with E-state index in [0.717, 1.165) is 35.8 Å². The summed E-state index contributed by atoms with van der Waals surface area (Å²) in [5.41, 5.74) is 1.58. The summed E-state index contributed by atoms with van der Waals surface area (Å²) >= 11 is 2.63. The summed E-state index contributed by atoms with van der Waals surface area (Å²) in [7, 11) is 0. The van der Waals surface area contributed by atoms with Gasteiger partial charge in [0, 0.05) is 6.04 Å². The number of carbonyl (C=O) groups is 3. The molecule has 1 aromatic heterocycles. The number of amides is 4. The summed E-state index contributed by atoms with van der Waals surface area (Å²) in [4.78, 5) is 37.1. The van der Waals surface area contributed by atoms with Crippen molar-refractivity contribution in [1.82, 2.24) is 25.9 Å². The lowest BCUT2D eigenvalue weighted by Crippen LogP contribution is -2.51. The summed E-state index contributed by atoms with van der Waals surface area (Å²) in [6, 6.07) is -0.0615. The van der Waals surface area contributed by atoms with Crippen LogP contribution in [0.15, 0.2) is 4.34 Å². The molecule has 4 amide bonds. The Labute approximate surface area is 165 Å². The van der Waals surface area contributed by atoms with E-state index < -0.39 is 17.5 Å². The highest BCUT2D eigenvalue weighted by atomic mass is 32.2. The number of thioether (sulfide) groups is 1. The molecule has 0 aromatic carbocycles. The fraction of sp³-hybridized carbons (Fsp3) is 0.688. The van der Waals surface area contributed by atoms with Crippen molar-refractivity contribution < 1.29 is 14.4 Å². The molecule has 1 aromatic rings. The third-order valence-corrected chi connectivity index (χ3v) is 7.15. The van der Waals surface area contributed by atoms with E-state index in [-0.39, 0.29) is 11.7 Å². The Balaban J connectivity index is 1.29. The number of carbonyl (C=O) groups excluding carboxylic acids is 3. The first-order valence-electron chi connectivity index (χ1n) is 9.14. The van der Waals surface area contributed by atoms with E-state index in [9.17, 15) is 14.4 Å². The van der Waals surface area contributed by atoms with Crippen LogP contribution in [-0.4, -0.2) is 50.4 Å². The summed E-state index contributed by atoms with van der Waals surface area (Å²) in [6.45, 7) is 2.14. The van der Waals surface area contributed by atoms with Crippen LogP contribution in [0.25, 0.3) is 0 Å². The summed E-state index contributed by atoms with van der Waals surface area (Å²) in [6.07, 6.45) is 5.30. The molecule has 0 bridgehead atoms. The SMILES string of the molecule is CC1CCC2(CC1)NC(=O)N(NC(=O)CSc1nnc(NC3CC3)s1)C2=O. The number of nitrogens with one attached hydrogen (secondary N) is 3. The van der Waals surface area contributed by atoms with Crippen LogP contribution in [-0.2, 0) is 9.59 Å². The van der Waals surface area contributed by atoms with Gasteiger partial charge in [0.05, 0.1) is 5.75 Å². The Hall–Kier alpha value is -1.88. The van der Waals surface area contributed by atoms with E-state index in [1.165, 1.54) is 23.1 Å². The molecule has 4 rings (SSSR count). The summed E-state index contributed by atoms with van der Waals surface area (Å²) in [5, 5.41) is 15.7. The van der Waals surface area contributed by atoms with Crippen molar-refractivity contribution in [2.75, 3.05) is 11.1 Å². The molecule has 9 nitrogen and oxygen atoms in total. The minimum Gasteiger partial charge on any atom is -0.357 e. The predicted molar refractivity (Wildman–Crippen MR) is 101 cm³/mol. The molecule has 146 valence electrons. The van der Waals surface area contributed by atoms with E-state index >= 15 is 0 Å². The van der Waals surface area contributed by atoms with E-state index in [1.54, 1.807) is 0 Å². The van der Waals surface area contributed by atoms with E-state index in [2.05, 4.69) is 33.2 Å². The van der Waals surface area contributed by atoms with Gasteiger partial charge in [-0.15, -0.1) is 10.2 Å². The molecule has 0 unspecified atom stereocenters. The lowest BCUT2D eigenvalue weighted by atomic mass is 9.77. The molecule has 1 aliphatic heterocycles. The van der Waals surface area contributed by atoms with Crippen molar-refractivity contribution in [3.05, 3.63) is 0 Å². The van der Waals surface area contributed by atoms with Crippen molar-refractivity contribution in [3.8, 4) is 0 Å². The molecular weight excluding hydrogens is 388 g/mol. The maximum Gasteiger partial charge on any atom is 0.344 e. The van der Waals surface area contributed by atoms with Gasteiger partial charge in [0.15, 0.2) is 4.34 Å². The van der Waals surface area contributed by atoms with Gasteiger partial charge in [-0.3, -0.25) is 15.0 Å². The van der Waals surface area contributed by atoms with E-state index in [0.29, 0.717) is 29.1 Å². The average Bonchev–Trinajstić information content (AvgIpc) is 3.30. The molecule has 27 heavy (non-hydrogen) atoms. The van der Waals surface area contributed by atoms with Gasteiger partial charge >= 0.3 is 6.03 Å². The Kier molecular flexibility index (Phi) is 4.97. The second-order valence-electron chi connectivity index (χ2n) is 7.45. The molecule has 11 heteroatoms. The van der Waals surface area contributed by atoms with Gasteiger partial charge in [0.25, 0.3) is 5.91 Å². The van der Waals surface area contributed by atoms with Crippen molar-refractivity contribution >= 4 is 46.1 Å². The highest BCUT2D eigenvalue weighted by Gasteiger charge is 2.52. The van der Waals surface area contributed by atoms with Crippen molar-refractivity contribution in [2.45, 2.75) is 61.4 Å². The molecule has 3 fully saturated rings. The zero-order chi connectivity index (χ0) is 19.0. The van der Waals surface area contributed by atoms with Crippen molar-refractivity contribution in [2.24, 2.45) is 5.92 Å². The van der Waals surface area contributed by atoms with Crippen molar-refractivity contribution in [3.63, 3.8) is 0 Å². The topological polar surface area (TPSA) is 116 Å². The quantitative estimate of drug-likeness (QED) is 0.483. The van der Waals surface area contributed by atoms with Gasteiger partial charge < -0.3 is 10.6 Å². The normalized spacial score (nSPS) is 27.7. The van der Waals surface area contributed by atoms with Gasteiger partial charge in [0.1, 0.15) is 5.54 Å². The molecule has 2 aliphatic carbocycles. The predicted octanol–water partition coefficient (Wildman–Crippen LogP) is 1.74. The van der Waals surface area contributed by atoms with Crippen LogP contribution in [0, 0.1) is 5.92 Å². The Morgan fingerprint density at radius 3 is 2.74 bits per heavy atom. The zero-order valence-corrected chi connectivity index (χ0v) is 16.6. The Morgan fingerprint density at radius 1 is 1.30 bits per heavy atom. The number of aromatic nitrogens is 2. The minimum absolute atomic E-state index is 0.0547. The standard InChI is InChI=1S/C16H22N6O3S2/c1-9-4-6-16(7-5-9)12(24)22(14(25)18-16)21-11(23)8-26-15-20-19-13(27-15)17-10-2-3-10/h9-10H,2-8H2,1H3,(H,17,19)(H,18,25)(H,21,23). The highest BCUT2D eigenvalue weighted by molar-refractivity contribution is 8.01. The van der Waals surface area contributed by atoms with Crippen LogP contribution in [0.3, 0.4) is 0 Å².